The Morgan fingerprint density at radius 2 is 1.95 bits per heavy atom. The van der Waals surface area contributed by atoms with E-state index in [-0.39, 0.29) is 0 Å². The highest BCUT2D eigenvalue weighted by atomic mass is 16.5. The van der Waals surface area contributed by atoms with Crippen molar-refractivity contribution in [3.8, 4) is 5.75 Å². The summed E-state index contributed by atoms with van der Waals surface area (Å²) in [6.07, 6.45) is 4.83. The van der Waals surface area contributed by atoms with E-state index >= 15 is 0 Å². The lowest BCUT2D eigenvalue weighted by Gasteiger charge is -2.41. The predicted octanol–water partition coefficient (Wildman–Crippen LogP) is 3.39. The summed E-state index contributed by atoms with van der Waals surface area (Å²) >= 11 is 0. The molecule has 21 heavy (non-hydrogen) atoms. The maximum atomic E-state index is 5.37. The van der Waals surface area contributed by atoms with Crippen molar-refractivity contribution in [1.29, 1.82) is 0 Å². The lowest BCUT2D eigenvalue weighted by Crippen LogP contribution is -2.47. The van der Waals surface area contributed by atoms with Gasteiger partial charge in [0.25, 0.3) is 0 Å². The molecule has 1 aromatic rings. The van der Waals surface area contributed by atoms with E-state index in [2.05, 4.69) is 49.3 Å². The molecule has 2 atom stereocenters. The molecule has 1 aliphatic rings. The Morgan fingerprint density at radius 1 is 1.24 bits per heavy atom. The van der Waals surface area contributed by atoms with E-state index in [0.717, 1.165) is 12.2 Å². The van der Waals surface area contributed by atoms with Gasteiger partial charge in [0.15, 0.2) is 0 Å². The van der Waals surface area contributed by atoms with Crippen LogP contribution in [0.3, 0.4) is 0 Å². The molecule has 0 aromatic heterocycles. The molecule has 0 amide bonds. The van der Waals surface area contributed by atoms with E-state index in [1.807, 2.05) is 0 Å². The van der Waals surface area contributed by atoms with Crippen LogP contribution in [0.15, 0.2) is 18.2 Å². The van der Waals surface area contributed by atoms with Crippen LogP contribution in [0.4, 0.5) is 0 Å². The first-order chi connectivity index (χ1) is 10.2. The number of hydrogen-bond acceptors (Lipinski definition) is 3. The first-order valence-corrected chi connectivity index (χ1v) is 8.33. The summed E-state index contributed by atoms with van der Waals surface area (Å²) in [4.78, 5) is 2.67. The largest absolute Gasteiger partial charge is 0.497 e. The monoisotopic (exact) mass is 290 g/mol. The van der Waals surface area contributed by atoms with Crippen LogP contribution in [0.25, 0.3) is 0 Å². The first-order valence-electron chi connectivity index (χ1n) is 8.33. The van der Waals surface area contributed by atoms with Crippen LogP contribution in [0.2, 0.25) is 0 Å². The first kappa shape index (κ1) is 16.3. The van der Waals surface area contributed by atoms with Gasteiger partial charge in [-0.3, -0.25) is 4.90 Å². The summed E-state index contributed by atoms with van der Waals surface area (Å²) < 4.78 is 5.37. The second-order valence-electron chi connectivity index (χ2n) is 5.97. The van der Waals surface area contributed by atoms with Crippen LogP contribution in [0.5, 0.6) is 5.75 Å². The molecular weight excluding hydrogens is 260 g/mol. The van der Waals surface area contributed by atoms with Crippen molar-refractivity contribution in [3.05, 3.63) is 29.3 Å². The molecule has 0 radical (unpaired) electrons. The van der Waals surface area contributed by atoms with Crippen LogP contribution in [0, 0.1) is 0 Å². The van der Waals surface area contributed by atoms with E-state index in [4.69, 9.17) is 4.74 Å². The van der Waals surface area contributed by atoms with Gasteiger partial charge in [-0.05, 0) is 69.1 Å². The standard InChI is InChI=1S/C18H30N2O/c1-5-11-20(12-6-2)17-10-7-14-13-15(21-4)8-9-16(14)18(17)19-3/h8-9,13,17-19H,5-7,10-12H2,1-4H3. The molecule has 3 heteroatoms. The van der Waals surface area contributed by atoms with Gasteiger partial charge in [-0.1, -0.05) is 19.9 Å². The minimum Gasteiger partial charge on any atom is -0.497 e. The van der Waals surface area contributed by atoms with Gasteiger partial charge < -0.3 is 10.1 Å². The highest BCUT2D eigenvalue weighted by Crippen LogP contribution is 2.35. The molecule has 0 saturated heterocycles. The van der Waals surface area contributed by atoms with Crippen molar-refractivity contribution in [3.63, 3.8) is 0 Å². The molecule has 118 valence electrons. The Hall–Kier alpha value is -1.06. The fourth-order valence-corrected chi connectivity index (χ4v) is 3.67. The molecule has 0 heterocycles. The van der Waals surface area contributed by atoms with Crippen LogP contribution >= 0.6 is 0 Å². The SMILES string of the molecule is CCCN(CCC)C1CCc2cc(OC)ccc2C1NC. The fraction of sp³-hybridized carbons (Fsp3) is 0.667. The normalized spacial score (nSPS) is 21.4. The van der Waals surface area contributed by atoms with Crippen LogP contribution < -0.4 is 10.1 Å². The second kappa shape index (κ2) is 7.81. The van der Waals surface area contributed by atoms with Crippen LogP contribution in [0.1, 0.15) is 50.3 Å². The Kier molecular flexibility index (Phi) is 6.07. The summed E-state index contributed by atoms with van der Waals surface area (Å²) in [5.41, 5.74) is 2.89. The van der Waals surface area contributed by atoms with Gasteiger partial charge in [-0.25, -0.2) is 0 Å². The molecule has 0 bridgehead atoms. The van der Waals surface area contributed by atoms with Crippen molar-refractivity contribution in [2.75, 3.05) is 27.2 Å². The predicted molar refractivity (Wildman–Crippen MR) is 89.1 cm³/mol. The van der Waals surface area contributed by atoms with Gasteiger partial charge in [0.05, 0.1) is 7.11 Å². The zero-order chi connectivity index (χ0) is 15.2. The summed E-state index contributed by atoms with van der Waals surface area (Å²) in [5.74, 6) is 0.973. The Bertz CT molecular complexity index is 441. The van der Waals surface area contributed by atoms with E-state index < -0.39 is 0 Å². The van der Waals surface area contributed by atoms with Crippen molar-refractivity contribution in [1.82, 2.24) is 10.2 Å². The molecule has 1 aromatic carbocycles. The molecule has 0 fully saturated rings. The molecule has 2 unspecified atom stereocenters. The molecule has 3 nitrogen and oxygen atoms in total. The highest BCUT2D eigenvalue weighted by Gasteiger charge is 2.32. The number of nitrogens with zero attached hydrogens (tertiary/aromatic N) is 1. The lowest BCUT2D eigenvalue weighted by atomic mass is 9.83. The maximum Gasteiger partial charge on any atom is 0.119 e. The number of aryl methyl sites for hydroxylation is 1. The lowest BCUT2D eigenvalue weighted by molar-refractivity contribution is 0.143. The number of benzene rings is 1. The number of likely N-dealkylation sites (N-methyl/N-ethyl adjacent to an activating group) is 1. The number of ether oxygens (including phenoxy) is 1. The van der Waals surface area contributed by atoms with E-state index in [1.165, 1.54) is 43.5 Å². The van der Waals surface area contributed by atoms with Crippen LogP contribution in [-0.4, -0.2) is 38.2 Å². The molecule has 0 spiro atoms. The Balaban J connectivity index is 2.25. The number of rotatable bonds is 7. The topological polar surface area (TPSA) is 24.5 Å². The Morgan fingerprint density at radius 3 is 2.52 bits per heavy atom. The van der Waals surface area contributed by atoms with Gasteiger partial charge in [0.2, 0.25) is 0 Å². The van der Waals surface area contributed by atoms with E-state index in [9.17, 15) is 0 Å². The minimum absolute atomic E-state index is 0.428. The third-order valence-corrected chi connectivity index (χ3v) is 4.58. The molecule has 0 saturated carbocycles. The summed E-state index contributed by atoms with van der Waals surface area (Å²) in [5, 5.41) is 3.56. The fourth-order valence-electron chi connectivity index (χ4n) is 3.67. The smallest absolute Gasteiger partial charge is 0.119 e. The van der Waals surface area contributed by atoms with Crippen molar-refractivity contribution in [2.45, 2.75) is 51.6 Å². The number of fused-ring (bicyclic) bond motifs is 1. The van der Waals surface area contributed by atoms with Crippen molar-refractivity contribution < 1.29 is 4.74 Å². The third kappa shape index (κ3) is 3.58. The third-order valence-electron chi connectivity index (χ3n) is 4.58. The summed E-state index contributed by atoms with van der Waals surface area (Å²) in [6.45, 7) is 6.95. The van der Waals surface area contributed by atoms with Crippen LogP contribution in [-0.2, 0) is 6.42 Å². The van der Waals surface area contributed by atoms with Crippen molar-refractivity contribution in [2.24, 2.45) is 0 Å². The molecule has 1 aliphatic carbocycles. The Labute approximate surface area is 129 Å². The average molecular weight is 290 g/mol. The molecular formula is C18H30N2O. The maximum absolute atomic E-state index is 5.37. The van der Waals surface area contributed by atoms with E-state index in [1.54, 1.807) is 7.11 Å². The summed E-state index contributed by atoms with van der Waals surface area (Å²) in [7, 11) is 3.83. The van der Waals surface area contributed by atoms with Gasteiger partial charge >= 0.3 is 0 Å². The molecule has 1 N–H and O–H groups in total. The van der Waals surface area contributed by atoms with E-state index in [0.29, 0.717) is 12.1 Å². The number of nitrogens with one attached hydrogen (secondary N) is 1. The average Bonchev–Trinajstić information content (AvgIpc) is 2.53. The van der Waals surface area contributed by atoms with Gasteiger partial charge in [0, 0.05) is 12.1 Å². The highest BCUT2D eigenvalue weighted by molar-refractivity contribution is 5.40. The molecule has 0 aliphatic heterocycles. The quantitative estimate of drug-likeness (QED) is 0.833. The van der Waals surface area contributed by atoms with Gasteiger partial charge in [0.1, 0.15) is 5.75 Å². The van der Waals surface area contributed by atoms with Gasteiger partial charge in [-0.15, -0.1) is 0 Å². The van der Waals surface area contributed by atoms with Gasteiger partial charge in [-0.2, -0.15) is 0 Å². The zero-order valence-corrected chi connectivity index (χ0v) is 14.0. The zero-order valence-electron chi connectivity index (χ0n) is 14.0. The molecule has 2 rings (SSSR count). The van der Waals surface area contributed by atoms with Crippen molar-refractivity contribution >= 4 is 0 Å². The minimum atomic E-state index is 0.428. The number of hydrogen-bond donors (Lipinski definition) is 1. The number of methoxy groups -OCH3 is 1. The summed E-state index contributed by atoms with van der Waals surface area (Å²) in [6, 6.07) is 7.58. The second-order valence-corrected chi connectivity index (χ2v) is 5.97.